The monoisotopic (exact) mass is 311 g/mol. The first kappa shape index (κ1) is 16.9. The molecule has 1 aromatic rings. The summed E-state index contributed by atoms with van der Waals surface area (Å²) in [6.45, 7) is 13.8. The fourth-order valence-electron chi connectivity index (χ4n) is 2.74. The van der Waals surface area contributed by atoms with Gasteiger partial charge in [-0.25, -0.2) is 4.98 Å². The van der Waals surface area contributed by atoms with Gasteiger partial charge in [0.2, 0.25) is 0 Å². The van der Waals surface area contributed by atoms with Crippen LogP contribution >= 0.6 is 11.3 Å². The molecule has 120 valence electrons. The number of nitrogens with zero attached hydrogens (tertiary/aromatic N) is 2. The molecule has 1 aromatic heterocycles. The molecule has 2 atom stereocenters. The Hall–Kier alpha value is -0.490. The number of aromatic nitrogens is 1. The predicted octanol–water partition coefficient (Wildman–Crippen LogP) is 2.39. The van der Waals surface area contributed by atoms with E-state index in [0.29, 0.717) is 6.04 Å². The van der Waals surface area contributed by atoms with Crippen LogP contribution in [0, 0.1) is 13.8 Å². The Morgan fingerprint density at radius 3 is 2.86 bits per heavy atom. The zero-order valence-corrected chi connectivity index (χ0v) is 14.6. The van der Waals surface area contributed by atoms with E-state index in [-0.39, 0.29) is 6.10 Å². The molecule has 4 nitrogen and oxygen atoms in total. The Morgan fingerprint density at radius 2 is 2.24 bits per heavy atom. The van der Waals surface area contributed by atoms with Gasteiger partial charge in [0.15, 0.2) is 0 Å². The lowest BCUT2D eigenvalue weighted by molar-refractivity contribution is -0.0447. The van der Waals surface area contributed by atoms with Gasteiger partial charge in [0.25, 0.3) is 0 Å². The summed E-state index contributed by atoms with van der Waals surface area (Å²) in [5.41, 5.74) is 1.17. The predicted molar refractivity (Wildman–Crippen MR) is 89.2 cm³/mol. The molecule has 1 N–H and O–H groups in total. The van der Waals surface area contributed by atoms with Crippen LogP contribution in [0.4, 0.5) is 0 Å². The minimum atomic E-state index is 0.273. The molecule has 2 unspecified atom stereocenters. The average molecular weight is 311 g/mol. The molecule has 1 aliphatic rings. The number of hydrogen-bond acceptors (Lipinski definition) is 5. The SMILES string of the molecule is CCCNC(Cc1nc(C)c(C)s1)C1CN(CC)CCO1. The third-order valence-electron chi connectivity index (χ3n) is 4.20. The third kappa shape index (κ3) is 4.74. The summed E-state index contributed by atoms with van der Waals surface area (Å²) < 4.78 is 6.05. The van der Waals surface area contributed by atoms with E-state index in [2.05, 4.69) is 37.9 Å². The lowest BCUT2D eigenvalue weighted by Crippen LogP contribution is -2.53. The van der Waals surface area contributed by atoms with Crippen LogP contribution in [0.25, 0.3) is 0 Å². The molecule has 2 heterocycles. The second-order valence-corrected chi connectivity index (χ2v) is 7.10. The number of nitrogens with one attached hydrogen (secondary N) is 1. The minimum absolute atomic E-state index is 0.273. The summed E-state index contributed by atoms with van der Waals surface area (Å²) in [5, 5.41) is 4.91. The first-order valence-corrected chi connectivity index (χ1v) is 8.95. The van der Waals surface area contributed by atoms with Gasteiger partial charge in [-0.05, 0) is 33.4 Å². The molecule has 0 spiro atoms. The zero-order chi connectivity index (χ0) is 15.2. The van der Waals surface area contributed by atoms with Gasteiger partial charge in [0.05, 0.1) is 23.4 Å². The van der Waals surface area contributed by atoms with E-state index in [1.54, 1.807) is 0 Å². The number of morpholine rings is 1. The third-order valence-corrected chi connectivity index (χ3v) is 5.29. The standard InChI is InChI=1S/C16H29N3OS/c1-5-7-17-14(10-16-18-12(3)13(4)21-16)15-11-19(6-2)8-9-20-15/h14-15,17H,5-11H2,1-4H3. The second-order valence-electron chi connectivity index (χ2n) is 5.82. The Balaban J connectivity index is 2.02. The van der Waals surface area contributed by atoms with E-state index in [4.69, 9.17) is 9.72 Å². The van der Waals surface area contributed by atoms with Gasteiger partial charge in [-0.3, -0.25) is 4.90 Å². The zero-order valence-electron chi connectivity index (χ0n) is 13.8. The normalized spacial score (nSPS) is 21.6. The molecule has 0 amide bonds. The highest BCUT2D eigenvalue weighted by atomic mass is 32.1. The van der Waals surface area contributed by atoms with Crippen LogP contribution in [0.5, 0.6) is 0 Å². The summed E-state index contributed by atoms with van der Waals surface area (Å²) in [7, 11) is 0. The average Bonchev–Trinajstić information content (AvgIpc) is 2.81. The smallest absolute Gasteiger partial charge is 0.0947 e. The maximum Gasteiger partial charge on any atom is 0.0947 e. The van der Waals surface area contributed by atoms with Gasteiger partial charge >= 0.3 is 0 Å². The van der Waals surface area contributed by atoms with Crippen LogP contribution in [0.2, 0.25) is 0 Å². The van der Waals surface area contributed by atoms with E-state index < -0.39 is 0 Å². The molecule has 0 radical (unpaired) electrons. The van der Waals surface area contributed by atoms with Crippen molar-refractivity contribution in [3.05, 3.63) is 15.6 Å². The summed E-state index contributed by atoms with van der Waals surface area (Å²) in [6, 6.07) is 0.365. The molecule has 1 saturated heterocycles. The molecule has 1 aliphatic heterocycles. The highest BCUT2D eigenvalue weighted by Crippen LogP contribution is 2.20. The summed E-state index contributed by atoms with van der Waals surface area (Å²) in [4.78, 5) is 8.51. The number of aryl methyl sites for hydroxylation is 2. The molecule has 1 fully saturated rings. The highest BCUT2D eigenvalue weighted by molar-refractivity contribution is 7.11. The fraction of sp³-hybridized carbons (Fsp3) is 0.812. The number of likely N-dealkylation sites (N-methyl/N-ethyl adjacent to an activating group) is 1. The minimum Gasteiger partial charge on any atom is -0.374 e. The largest absolute Gasteiger partial charge is 0.374 e. The van der Waals surface area contributed by atoms with Crippen molar-refractivity contribution in [3.63, 3.8) is 0 Å². The lowest BCUT2D eigenvalue weighted by atomic mass is 10.1. The van der Waals surface area contributed by atoms with Crippen molar-refractivity contribution in [2.75, 3.05) is 32.8 Å². The van der Waals surface area contributed by atoms with Crippen LogP contribution in [-0.2, 0) is 11.2 Å². The quantitative estimate of drug-likeness (QED) is 0.839. The van der Waals surface area contributed by atoms with E-state index in [1.165, 1.54) is 15.6 Å². The molecule has 0 bridgehead atoms. The molecular weight excluding hydrogens is 282 g/mol. The van der Waals surface area contributed by atoms with Crippen LogP contribution in [0.1, 0.15) is 35.8 Å². The first-order valence-electron chi connectivity index (χ1n) is 8.14. The number of ether oxygens (including phenoxy) is 1. The molecule has 0 saturated carbocycles. The van der Waals surface area contributed by atoms with E-state index in [0.717, 1.165) is 45.6 Å². The topological polar surface area (TPSA) is 37.4 Å². The van der Waals surface area contributed by atoms with Gasteiger partial charge < -0.3 is 10.1 Å². The number of thiazole rings is 1. The Bertz CT molecular complexity index is 416. The van der Waals surface area contributed by atoms with Crippen molar-refractivity contribution < 1.29 is 4.74 Å². The molecule has 21 heavy (non-hydrogen) atoms. The Labute approximate surface area is 132 Å². The van der Waals surface area contributed by atoms with Crippen LogP contribution in [0.15, 0.2) is 0 Å². The first-order chi connectivity index (χ1) is 10.1. The van der Waals surface area contributed by atoms with Gasteiger partial charge in [-0.15, -0.1) is 11.3 Å². The molecule has 2 rings (SSSR count). The Morgan fingerprint density at radius 1 is 1.43 bits per heavy atom. The maximum atomic E-state index is 6.05. The van der Waals surface area contributed by atoms with Crippen molar-refractivity contribution in [1.29, 1.82) is 0 Å². The number of hydrogen-bond donors (Lipinski definition) is 1. The lowest BCUT2D eigenvalue weighted by Gasteiger charge is -2.36. The molecular formula is C16H29N3OS. The van der Waals surface area contributed by atoms with Gasteiger partial charge in [-0.2, -0.15) is 0 Å². The Kier molecular flexibility index (Phi) is 6.61. The van der Waals surface area contributed by atoms with Crippen LogP contribution in [0.3, 0.4) is 0 Å². The van der Waals surface area contributed by atoms with Crippen LogP contribution < -0.4 is 5.32 Å². The van der Waals surface area contributed by atoms with E-state index >= 15 is 0 Å². The molecule has 5 heteroatoms. The maximum absolute atomic E-state index is 6.05. The summed E-state index contributed by atoms with van der Waals surface area (Å²) in [6.07, 6.45) is 2.40. The van der Waals surface area contributed by atoms with Gasteiger partial charge in [-0.1, -0.05) is 13.8 Å². The van der Waals surface area contributed by atoms with Gasteiger partial charge in [0.1, 0.15) is 0 Å². The molecule has 0 aromatic carbocycles. The number of rotatable bonds is 7. The molecule has 0 aliphatic carbocycles. The van der Waals surface area contributed by atoms with Crippen molar-refractivity contribution in [3.8, 4) is 0 Å². The van der Waals surface area contributed by atoms with Crippen molar-refractivity contribution in [2.24, 2.45) is 0 Å². The van der Waals surface area contributed by atoms with Crippen molar-refractivity contribution in [2.45, 2.75) is 52.7 Å². The summed E-state index contributed by atoms with van der Waals surface area (Å²) >= 11 is 1.83. The van der Waals surface area contributed by atoms with E-state index in [1.807, 2.05) is 11.3 Å². The summed E-state index contributed by atoms with van der Waals surface area (Å²) in [5.74, 6) is 0. The highest BCUT2D eigenvalue weighted by Gasteiger charge is 2.28. The second kappa shape index (κ2) is 8.22. The van der Waals surface area contributed by atoms with Crippen molar-refractivity contribution >= 4 is 11.3 Å². The van der Waals surface area contributed by atoms with Crippen molar-refractivity contribution in [1.82, 2.24) is 15.2 Å². The van der Waals surface area contributed by atoms with Crippen LogP contribution in [-0.4, -0.2) is 54.8 Å². The fourth-order valence-corrected chi connectivity index (χ4v) is 3.73. The van der Waals surface area contributed by atoms with E-state index in [9.17, 15) is 0 Å². The van der Waals surface area contributed by atoms with Gasteiger partial charge in [0, 0.05) is 30.4 Å².